The average molecular weight is 131 g/mol. The molecule has 1 aliphatic heterocycles. The summed E-state index contributed by atoms with van der Waals surface area (Å²) in [6.07, 6.45) is 2.01. The first kappa shape index (κ1) is 5.44. The highest BCUT2D eigenvalue weighted by molar-refractivity contribution is 6.82. The second-order valence-corrected chi connectivity index (χ2v) is 1.67. The van der Waals surface area contributed by atoms with Gasteiger partial charge in [0.2, 0.25) is 0 Å². The Hall–Kier alpha value is -0.700. The van der Waals surface area contributed by atoms with Crippen molar-refractivity contribution in [2.75, 3.05) is 0 Å². The minimum absolute atomic E-state index is 0.326. The summed E-state index contributed by atoms with van der Waals surface area (Å²) in [5, 5.41) is 6.37. The van der Waals surface area contributed by atoms with Gasteiger partial charge in [-0.25, -0.2) is 0 Å². The van der Waals surface area contributed by atoms with Crippen LogP contribution in [0.15, 0.2) is 10.2 Å². The van der Waals surface area contributed by atoms with Gasteiger partial charge in [-0.05, 0) is 11.6 Å². The maximum Gasteiger partial charge on any atom is 0.268 e. The molecule has 0 aromatic heterocycles. The molecule has 0 atom stereocenters. The van der Waals surface area contributed by atoms with Crippen molar-refractivity contribution in [1.29, 1.82) is 0 Å². The summed E-state index contributed by atoms with van der Waals surface area (Å²) in [5.41, 5.74) is 0.326. The first-order valence-electron chi connectivity index (χ1n) is 2.09. The lowest BCUT2D eigenvalue weighted by molar-refractivity contribution is -0.106. The second kappa shape index (κ2) is 2.05. The number of rotatable bonds is 1. The van der Waals surface area contributed by atoms with Gasteiger partial charge in [-0.15, -0.1) is 0 Å². The molecule has 0 bridgehead atoms. The fraction of sp³-hybridized carbons (Fsp3) is 0.250. The summed E-state index contributed by atoms with van der Waals surface area (Å²) in [6.45, 7) is 0. The zero-order chi connectivity index (χ0) is 5.98. The van der Waals surface area contributed by atoms with Crippen molar-refractivity contribution >= 4 is 28.8 Å². The summed E-state index contributed by atoms with van der Waals surface area (Å²) in [5.74, 6) is 0. The van der Waals surface area contributed by atoms with E-state index >= 15 is 0 Å². The summed E-state index contributed by atoms with van der Waals surface area (Å²) < 4.78 is 0. The minimum atomic E-state index is -0.512. The zero-order valence-electron chi connectivity index (χ0n) is 3.97. The predicted octanol–water partition coefficient (Wildman–Crippen LogP) is 0.582. The Balaban J connectivity index is 2.64. The molecule has 0 aromatic carbocycles. The van der Waals surface area contributed by atoms with Crippen LogP contribution in [0.4, 0.5) is 0 Å². The second-order valence-electron chi connectivity index (χ2n) is 1.32. The van der Waals surface area contributed by atoms with Crippen LogP contribution in [0.1, 0.15) is 6.42 Å². The smallest absolute Gasteiger partial charge is 0.268 e. The van der Waals surface area contributed by atoms with Crippen LogP contribution >= 0.6 is 11.6 Å². The fourth-order valence-corrected chi connectivity index (χ4v) is 0.513. The van der Waals surface area contributed by atoms with E-state index in [-0.39, 0.29) is 0 Å². The predicted molar refractivity (Wildman–Crippen MR) is 31.4 cm³/mol. The van der Waals surface area contributed by atoms with Crippen molar-refractivity contribution in [3.05, 3.63) is 0 Å². The Labute approximate surface area is 51.1 Å². The fourth-order valence-electron chi connectivity index (χ4n) is 0.398. The van der Waals surface area contributed by atoms with Gasteiger partial charge < -0.3 is 0 Å². The van der Waals surface area contributed by atoms with Gasteiger partial charge in [0, 0.05) is 12.6 Å². The lowest BCUT2D eigenvalue weighted by atomic mass is 10.3. The molecule has 4 heteroatoms. The number of nitrogens with zero attached hydrogens (tertiary/aromatic N) is 2. The topological polar surface area (TPSA) is 41.8 Å². The van der Waals surface area contributed by atoms with Crippen LogP contribution in [-0.4, -0.2) is 17.2 Å². The first-order chi connectivity index (χ1) is 3.80. The van der Waals surface area contributed by atoms with Crippen LogP contribution in [0.2, 0.25) is 0 Å². The molecule has 0 N–H and O–H groups in total. The molecule has 0 amide bonds. The standard InChI is InChI=1S/C4H3ClN2O/c5-4(8)3-1-2-6-7-3/h2H,1H2. The highest BCUT2D eigenvalue weighted by Gasteiger charge is 2.08. The Morgan fingerprint density at radius 3 is 2.88 bits per heavy atom. The molecular formula is C4H3ClN2O. The van der Waals surface area contributed by atoms with Crippen molar-refractivity contribution in [2.45, 2.75) is 6.42 Å². The number of hydrogen-bond donors (Lipinski definition) is 0. The largest absolute Gasteiger partial charge is 0.274 e. The minimum Gasteiger partial charge on any atom is -0.274 e. The molecule has 0 aliphatic carbocycles. The van der Waals surface area contributed by atoms with E-state index in [1.807, 2.05) is 0 Å². The normalized spacial score (nSPS) is 16.4. The van der Waals surface area contributed by atoms with Gasteiger partial charge in [0.25, 0.3) is 5.24 Å². The van der Waals surface area contributed by atoms with Gasteiger partial charge in [0.05, 0.1) is 0 Å². The molecule has 0 saturated heterocycles. The van der Waals surface area contributed by atoms with E-state index in [4.69, 9.17) is 11.6 Å². The van der Waals surface area contributed by atoms with Crippen molar-refractivity contribution in [1.82, 2.24) is 0 Å². The Kier molecular flexibility index (Phi) is 1.39. The molecule has 3 nitrogen and oxygen atoms in total. The van der Waals surface area contributed by atoms with Crippen LogP contribution in [0.5, 0.6) is 0 Å². The molecule has 0 saturated carbocycles. The van der Waals surface area contributed by atoms with Gasteiger partial charge >= 0.3 is 0 Å². The third-order valence-electron chi connectivity index (χ3n) is 0.772. The van der Waals surface area contributed by atoms with Crippen LogP contribution in [0, 0.1) is 0 Å². The number of carbonyl (C=O) groups excluding carboxylic acids is 1. The van der Waals surface area contributed by atoms with E-state index < -0.39 is 5.24 Å². The lowest BCUT2D eigenvalue weighted by Crippen LogP contribution is -2.03. The summed E-state index contributed by atoms with van der Waals surface area (Å²) in [6, 6.07) is 0. The number of hydrogen-bond acceptors (Lipinski definition) is 3. The van der Waals surface area contributed by atoms with Gasteiger partial charge in [0.1, 0.15) is 5.71 Å². The van der Waals surface area contributed by atoms with Crippen molar-refractivity contribution in [3.63, 3.8) is 0 Å². The molecule has 0 fully saturated rings. The SMILES string of the molecule is O=C(Cl)C1=NN=CC1. The summed E-state index contributed by atoms with van der Waals surface area (Å²) in [4.78, 5) is 10.2. The molecule has 1 aliphatic rings. The molecule has 8 heavy (non-hydrogen) atoms. The molecule has 0 radical (unpaired) electrons. The molecule has 1 rings (SSSR count). The molecule has 0 spiro atoms. The third-order valence-corrected chi connectivity index (χ3v) is 0.990. The summed E-state index contributed by atoms with van der Waals surface area (Å²) in [7, 11) is 0. The van der Waals surface area contributed by atoms with E-state index in [0.29, 0.717) is 12.1 Å². The van der Waals surface area contributed by atoms with Gasteiger partial charge in [-0.1, -0.05) is 0 Å². The van der Waals surface area contributed by atoms with Crippen LogP contribution in [0.3, 0.4) is 0 Å². The molecule has 42 valence electrons. The van der Waals surface area contributed by atoms with Gasteiger partial charge in [-0.3, -0.25) is 4.79 Å². The average Bonchev–Trinajstić information content (AvgIpc) is 2.12. The third kappa shape index (κ3) is 0.924. The molecular weight excluding hydrogens is 128 g/mol. The van der Waals surface area contributed by atoms with E-state index in [9.17, 15) is 4.79 Å². The molecule has 0 unspecified atom stereocenters. The van der Waals surface area contributed by atoms with E-state index in [1.165, 1.54) is 6.21 Å². The Morgan fingerprint density at radius 1 is 1.88 bits per heavy atom. The van der Waals surface area contributed by atoms with Gasteiger partial charge in [0.15, 0.2) is 0 Å². The number of halogens is 1. The lowest BCUT2D eigenvalue weighted by Gasteiger charge is -1.81. The van der Waals surface area contributed by atoms with Crippen molar-refractivity contribution in [3.8, 4) is 0 Å². The van der Waals surface area contributed by atoms with E-state index in [1.54, 1.807) is 0 Å². The van der Waals surface area contributed by atoms with Crippen molar-refractivity contribution in [2.24, 2.45) is 10.2 Å². The van der Waals surface area contributed by atoms with Crippen LogP contribution in [-0.2, 0) is 4.79 Å². The molecule has 0 aromatic rings. The number of carbonyl (C=O) groups is 1. The highest BCUT2D eigenvalue weighted by Crippen LogP contribution is 1.97. The summed E-state index contributed by atoms with van der Waals surface area (Å²) >= 11 is 5.03. The maximum absolute atomic E-state index is 10.2. The van der Waals surface area contributed by atoms with E-state index in [2.05, 4.69) is 10.2 Å². The van der Waals surface area contributed by atoms with Crippen LogP contribution in [0.25, 0.3) is 0 Å². The van der Waals surface area contributed by atoms with E-state index in [0.717, 1.165) is 0 Å². The molecule has 1 heterocycles. The monoisotopic (exact) mass is 130 g/mol. The first-order valence-corrected chi connectivity index (χ1v) is 2.46. The van der Waals surface area contributed by atoms with Crippen molar-refractivity contribution < 1.29 is 4.79 Å². The van der Waals surface area contributed by atoms with Crippen LogP contribution < -0.4 is 0 Å². The zero-order valence-corrected chi connectivity index (χ0v) is 4.72. The highest BCUT2D eigenvalue weighted by atomic mass is 35.5. The Morgan fingerprint density at radius 2 is 2.62 bits per heavy atom. The maximum atomic E-state index is 10.2. The quantitative estimate of drug-likeness (QED) is 0.479. The Bertz CT molecular complexity index is 173. The van der Waals surface area contributed by atoms with Gasteiger partial charge in [-0.2, -0.15) is 10.2 Å².